The van der Waals surface area contributed by atoms with Crippen LogP contribution in [0.4, 0.5) is 4.39 Å². The summed E-state index contributed by atoms with van der Waals surface area (Å²) in [4.78, 5) is 12.4. The number of nitrogens with zero attached hydrogens (tertiary/aromatic N) is 3. The molecule has 0 saturated carbocycles. The highest BCUT2D eigenvalue weighted by molar-refractivity contribution is 8.00. The van der Waals surface area contributed by atoms with E-state index in [4.69, 9.17) is 9.47 Å². The van der Waals surface area contributed by atoms with Crippen LogP contribution < -0.4 is 10.1 Å². The van der Waals surface area contributed by atoms with Gasteiger partial charge in [-0.05, 0) is 44.0 Å². The molecule has 1 amide bonds. The highest BCUT2D eigenvalue weighted by atomic mass is 32.2. The molecule has 0 aliphatic carbocycles. The first-order valence-corrected chi connectivity index (χ1v) is 10.4. The van der Waals surface area contributed by atoms with Gasteiger partial charge in [-0.3, -0.25) is 9.36 Å². The van der Waals surface area contributed by atoms with E-state index in [-0.39, 0.29) is 29.7 Å². The van der Waals surface area contributed by atoms with Crippen molar-refractivity contribution in [2.75, 3.05) is 13.2 Å². The fraction of sp³-hybridized carbons (Fsp3) is 0.450. The number of nitrogens with one attached hydrogen (secondary N) is 1. The number of thioether (sulfide) groups is 1. The average molecular weight is 421 g/mol. The van der Waals surface area contributed by atoms with Crippen LogP contribution in [0.3, 0.4) is 0 Å². The maximum atomic E-state index is 13.0. The zero-order valence-corrected chi connectivity index (χ0v) is 17.2. The number of carbonyl (C=O) groups excluding carboxylic acids is 1. The van der Waals surface area contributed by atoms with Gasteiger partial charge in [0.1, 0.15) is 18.2 Å². The zero-order valence-electron chi connectivity index (χ0n) is 16.3. The van der Waals surface area contributed by atoms with E-state index >= 15 is 0 Å². The van der Waals surface area contributed by atoms with Crippen LogP contribution in [0.2, 0.25) is 0 Å². The largest absolute Gasteiger partial charge is 0.486 e. The van der Waals surface area contributed by atoms with Gasteiger partial charge in [-0.2, -0.15) is 0 Å². The molecular weight excluding hydrogens is 395 g/mol. The Morgan fingerprint density at radius 2 is 2.28 bits per heavy atom. The number of halogens is 1. The molecule has 2 atom stereocenters. The van der Waals surface area contributed by atoms with Crippen LogP contribution in [0.1, 0.15) is 25.6 Å². The lowest BCUT2D eigenvalue weighted by Crippen LogP contribution is -2.36. The van der Waals surface area contributed by atoms with Gasteiger partial charge < -0.3 is 14.8 Å². The first kappa shape index (κ1) is 21.3. The second-order valence-electron chi connectivity index (χ2n) is 6.68. The molecule has 2 heterocycles. The minimum atomic E-state index is -0.338. The highest BCUT2D eigenvalue weighted by Gasteiger charge is 2.22. The third-order valence-electron chi connectivity index (χ3n) is 4.47. The third kappa shape index (κ3) is 6.04. The smallest absolute Gasteiger partial charge is 0.233 e. The fourth-order valence-corrected chi connectivity index (χ4v) is 3.78. The Labute approximate surface area is 173 Å². The Kier molecular flexibility index (Phi) is 7.65. The lowest BCUT2D eigenvalue weighted by Gasteiger charge is -2.15. The Morgan fingerprint density at radius 3 is 2.97 bits per heavy atom. The number of hydrogen-bond donors (Lipinski definition) is 1. The van der Waals surface area contributed by atoms with Gasteiger partial charge >= 0.3 is 0 Å². The van der Waals surface area contributed by atoms with Crippen molar-refractivity contribution in [2.24, 2.45) is 0 Å². The average Bonchev–Trinajstić information content (AvgIpc) is 3.37. The second-order valence-corrected chi connectivity index (χ2v) is 7.99. The molecule has 1 saturated heterocycles. The van der Waals surface area contributed by atoms with Crippen LogP contribution in [0.15, 0.2) is 42.1 Å². The monoisotopic (exact) mass is 420 g/mol. The maximum Gasteiger partial charge on any atom is 0.233 e. The zero-order chi connectivity index (χ0) is 20.6. The standard InChI is InChI=1S/C20H25FN4O3S/c1-3-10-25-18(13-28-16-8-6-15(21)7-9-16)23-24-20(25)29-14(2)19(26)22-12-17-5-4-11-27-17/h3,6-9,14,17H,1,4-5,10-13H2,2H3,(H,22,26)/t14-,17-/m1/s1. The molecular formula is C20H25FN4O3S. The Morgan fingerprint density at radius 1 is 1.48 bits per heavy atom. The normalized spacial score (nSPS) is 17.1. The molecule has 1 aromatic heterocycles. The molecule has 1 aromatic carbocycles. The van der Waals surface area contributed by atoms with Gasteiger partial charge in [0, 0.05) is 19.7 Å². The molecule has 0 bridgehead atoms. The summed E-state index contributed by atoms with van der Waals surface area (Å²) in [5, 5.41) is 11.6. The molecule has 1 fully saturated rings. The van der Waals surface area contributed by atoms with Gasteiger partial charge in [0.15, 0.2) is 11.0 Å². The maximum absolute atomic E-state index is 13.0. The van der Waals surface area contributed by atoms with Crippen LogP contribution in [-0.4, -0.2) is 45.2 Å². The molecule has 156 valence electrons. The van der Waals surface area contributed by atoms with Crippen molar-refractivity contribution in [3.63, 3.8) is 0 Å². The van der Waals surface area contributed by atoms with E-state index in [1.54, 1.807) is 18.2 Å². The molecule has 29 heavy (non-hydrogen) atoms. The second kappa shape index (κ2) is 10.4. The number of benzene rings is 1. The predicted molar refractivity (Wildman–Crippen MR) is 108 cm³/mol. The van der Waals surface area contributed by atoms with Crippen molar-refractivity contribution in [3.05, 3.63) is 48.6 Å². The van der Waals surface area contributed by atoms with Crippen LogP contribution in [0, 0.1) is 5.82 Å². The van der Waals surface area contributed by atoms with Gasteiger partial charge in [0.25, 0.3) is 0 Å². The van der Waals surface area contributed by atoms with E-state index in [1.165, 1.54) is 23.9 Å². The minimum absolute atomic E-state index is 0.0669. The van der Waals surface area contributed by atoms with E-state index in [2.05, 4.69) is 22.1 Å². The minimum Gasteiger partial charge on any atom is -0.486 e. The van der Waals surface area contributed by atoms with Gasteiger partial charge in [-0.15, -0.1) is 16.8 Å². The highest BCUT2D eigenvalue weighted by Crippen LogP contribution is 2.23. The molecule has 2 aromatic rings. The predicted octanol–water partition coefficient (Wildman–Crippen LogP) is 2.96. The van der Waals surface area contributed by atoms with E-state index in [0.29, 0.717) is 29.8 Å². The van der Waals surface area contributed by atoms with Crippen molar-refractivity contribution in [1.29, 1.82) is 0 Å². The van der Waals surface area contributed by atoms with E-state index < -0.39 is 0 Å². The quantitative estimate of drug-likeness (QED) is 0.470. The van der Waals surface area contributed by atoms with Crippen LogP contribution in [0.5, 0.6) is 5.75 Å². The van der Waals surface area contributed by atoms with Gasteiger partial charge in [-0.1, -0.05) is 17.8 Å². The van der Waals surface area contributed by atoms with Crippen LogP contribution in [0.25, 0.3) is 0 Å². The fourth-order valence-electron chi connectivity index (χ4n) is 2.88. The van der Waals surface area contributed by atoms with Crippen molar-refractivity contribution < 1.29 is 18.7 Å². The van der Waals surface area contributed by atoms with Gasteiger partial charge in [0.2, 0.25) is 5.91 Å². The van der Waals surface area contributed by atoms with Gasteiger partial charge in [-0.25, -0.2) is 4.39 Å². The van der Waals surface area contributed by atoms with Gasteiger partial charge in [0.05, 0.1) is 11.4 Å². The van der Waals surface area contributed by atoms with Crippen LogP contribution in [-0.2, 0) is 22.7 Å². The number of carbonyl (C=O) groups is 1. The lowest BCUT2D eigenvalue weighted by molar-refractivity contribution is -0.120. The number of aromatic nitrogens is 3. The molecule has 1 aliphatic rings. The molecule has 3 rings (SSSR count). The summed E-state index contributed by atoms with van der Waals surface area (Å²) in [6, 6.07) is 5.78. The Hall–Kier alpha value is -2.39. The number of amides is 1. The summed E-state index contributed by atoms with van der Waals surface area (Å²) < 4.78 is 26.1. The third-order valence-corrected chi connectivity index (χ3v) is 5.55. The van der Waals surface area contributed by atoms with Crippen LogP contribution >= 0.6 is 11.8 Å². The van der Waals surface area contributed by atoms with Crippen molar-refractivity contribution >= 4 is 17.7 Å². The molecule has 1 N–H and O–H groups in total. The SMILES string of the molecule is C=CCn1c(COc2ccc(F)cc2)nnc1S[C@H](C)C(=O)NC[C@H]1CCCO1. The van der Waals surface area contributed by atoms with Crippen molar-refractivity contribution in [2.45, 2.75) is 49.4 Å². The summed E-state index contributed by atoms with van der Waals surface area (Å²) in [7, 11) is 0. The molecule has 7 nitrogen and oxygen atoms in total. The topological polar surface area (TPSA) is 78.3 Å². The van der Waals surface area contributed by atoms with Crippen molar-refractivity contribution in [1.82, 2.24) is 20.1 Å². The first-order chi connectivity index (χ1) is 14.1. The number of allylic oxidation sites excluding steroid dienone is 1. The first-order valence-electron chi connectivity index (χ1n) is 9.54. The van der Waals surface area contributed by atoms with E-state index in [1.807, 2.05) is 11.5 Å². The molecule has 1 aliphatic heterocycles. The lowest BCUT2D eigenvalue weighted by atomic mass is 10.2. The number of ether oxygens (including phenoxy) is 2. The van der Waals surface area contributed by atoms with E-state index in [0.717, 1.165) is 19.4 Å². The Bertz CT molecular complexity index is 822. The summed E-state index contributed by atoms with van der Waals surface area (Å²) in [6.45, 7) is 7.55. The van der Waals surface area contributed by atoms with E-state index in [9.17, 15) is 9.18 Å². The summed E-state index contributed by atoms with van der Waals surface area (Å²) in [6.07, 6.45) is 3.86. The molecule has 0 spiro atoms. The van der Waals surface area contributed by atoms with Crippen molar-refractivity contribution in [3.8, 4) is 5.75 Å². The molecule has 0 radical (unpaired) electrons. The number of rotatable bonds is 10. The molecule has 9 heteroatoms. The number of hydrogen-bond acceptors (Lipinski definition) is 6. The Balaban J connectivity index is 1.58. The summed E-state index contributed by atoms with van der Waals surface area (Å²) in [5.41, 5.74) is 0. The summed E-state index contributed by atoms with van der Waals surface area (Å²) in [5.74, 6) is 0.750. The summed E-state index contributed by atoms with van der Waals surface area (Å²) >= 11 is 1.33. The molecule has 0 unspecified atom stereocenters.